The maximum atomic E-state index is 12.0. The maximum Gasteiger partial charge on any atom is 0.338 e. The topological polar surface area (TPSA) is 29.5 Å². The third-order valence-electron chi connectivity index (χ3n) is 6.80. The molecule has 170 valence electrons. The number of rotatable bonds is 5. The second-order valence-corrected chi connectivity index (χ2v) is 9.10. The molecule has 35 heavy (non-hydrogen) atoms. The lowest BCUT2D eigenvalue weighted by atomic mass is 9.70. The van der Waals surface area contributed by atoms with E-state index in [1.54, 1.807) is 6.92 Å². The Morgan fingerprint density at radius 3 is 2.46 bits per heavy atom. The molecule has 3 aromatic carbocycles. The first-order valence-corrected chi connectivity index (χ1v) is 11.9. The van der Waals surface area contributed by atoms with Crippen LogP contribution in [0.3, 0.4) is 0 Å². The van der Waals surface area contributed by atoms with E-state index in [0.717, 1.165) is 23.5 Å². The number of nitrogens with zero attached hydrogens (tertiary/aromatic N) is 1. The van der Waals surface area contributed by atoms with E-state index in [4.69, 9.17) is 4.74 Å². The molecule has 3 aliphatic carbocycles. The Morgan fingerprint density at radius 1 is 0.914 bits per heavy atom. The summed E-state index contributed by atoms with van der Waals surface area (Å²) >= 11 is 0. The summed E-state index contributed by atoms with van der Waals surface area (Å²) in [5, 5.41) is 0. The predicted octanol–water partition coefficient (Wildman–Crippen LogP) is 7.42. The maximum absolute atomic E-state index is 12.0. The third kappa shape index (κ3) is 3.66. The van der Waals surface area contributed by atoms with E-state index >= 15 is 0 Å². The summed E-state index contributed by atoms with van der Waals surface area (Å²) in [6, 6.07) is 24.7. The average Bonchev–Trinajstić information content (AvgIpc) is 2.89. The number of hydrogen-bond acceptors (Lipinski definition) is 3. The molecule has 0 aromatic heterocycles. The molecule has 3 heteroatoms. The normalized spacial score (nSPS) is 16.9. The van der Waals surface area contributed by atoms with Gasteiger partial charge in [-0.2, -0.15) is 0 Å². The monoisotopic (exact) mass is 455 g/mol. The van der Waals surface area contributed by atoms with Gasteiger partial charge in [0, 0.05) is 28.6 Å². The summed E-state index contributed by atoms with van der Waals surface area (Å²) in [4.78, 5) is 14.2. The largest absolute Gasteiger partial charge is 0.423 e. The van der Waals surface area contributed by atoms with E-state index in [1.807, 2.05) is 30.3 Å². The molecular weight excluding hydrogens is 430 g/mol. The molecule has 1 unspecified atom stereocenters. The van der Waals surface area contributed by atoms with Crippen molar-refractivity contribution in [1.29, 1.82) is 0 Å². The fourth-order valence-electron chi connectivity index (χ4n) is 5.17. The Hall–Kier alpha value is -4.37. The second kappa shape index (κ2) is 8.44. The van der Waals surface area contributed by atoms with Crippen LogP contribution in [0.25, 0.3) is 6.08 Å². The number of benzene rings is 3. The van der Waals surface area contributed by atoms with Gasteiger partial charge in [-0.3, -0.25) is 0 Å². The number of para-hydroxylation sites is 1. The third-order valence-corrected chi connectivity index (χ3v) is 6.80. The first kappa shape index (κ1) is 21.2. The zero-order chi connectivity index (χ0) is 23.9. The summed E-state index contributed by atoms with van der Waals surface area (Å²) in [6.07, 6.45) is 12.3. The highest BCUT2D eigenvalue weighted by atomic mass is 16.5. The zero-order valence-corrected chi connectivity index (χ0v) is 19.6. The van der Waals surface area contributed by atoms with E-state index in [2.05, 4.69) is 84.3 Å². The van der Waals surface area contributed by atoms with Crippen molar-refractivity contribution in [3.05, 3.63) is 143 Å². The minimum Gasteiger partial charge on any atom is -0.423 e. The van der Waals surface area contributed by atoms with Gasteiger partial charge >= 0.3 is 5.97 Å². The summed E-state index contributed by atoms with van der Waals surface area (Å²) in [6.45, 7) is 5.31. The number of esters is 1. The molecular formula is C32H25NO2. The van der Waals surface area contributed by atoms with Crippen molar-refractivity contribution >= 4 is 23.4 Å². The van der Waals surface area contributed by atoms with E-state index < -0.39 is 5.97 Å². The van der Waals surface area contributed by atoms with Crippen LogP contribution in [0.5, 0.6) is 5.75 Å². The molecule has 0 aliphatic heterocycles. The van der Waals surface area contributed by atoms with Crippen LogP contribution in [-0.4, -0.2) is 5.97 Å². The first-order chi connectivity index (χ1) is 17.1. The minimum absolute atomic E-state index is 0.238. The quantitative estimate of drug-likeness (QED) is 0.228. The molecule has 0 spiro atoms. The number of anilines is 2. The lowest BCUT2D eigenvalue weighted by molar-refractivity contribution is -0.130. The first-order valence-electron chi connectivity index (χ1n) is 11.9. The number of ether oxygens (including phenoxy) is 1. The molecule has 0 saturated carbocycles. The van der Waals surface area contributed by atoms with Gasteiger partial charge in [0.2, 0.25) is 0 Å². The van der Waals surface area contributed by atoms with E-state index in [0.29, 0.717) is 11.3 Å². The average molecular weight is 456 g/mol. The molecule has 0 heterocycles. The standard InChI is InChI=1S/C32H25NO2/c1-21(2)32(34)35-27-17-15-26(16-18-27)33(25-9-4-3-5-10-25)29-20-14-24-12-11-22-7-6-8-23-13-19-28(29)31(24)30(22)23/h3-12,14-20,31H,1,13H2,2H3. The second-order valence-electron chi connectivity index (χ2n) is 9.10. The summed E-state index contributed by atoms with van der Waals surface area (Å²) in [5.74, 6) is 0.321. The summed E-state index contributed by atoms with van der Waals surface area (Å²) in [7, 11) is 0. The molecule has 0 saturated heterocycles. The molecule has 0 fully saturated rings. The van der Waals surface area contributed by atoms with Crippen molar-refractivity contribution < 1.29 is 9.53 Å². The fourth-order valence-corrected chi connectivity index (χ4v) is 5.17. The number of carbonyl (C=O) groups excluding carboxylic acids is 1. The highest BCUT2D eigenvalue weighted by Crippen LogP contribution is 2.50. The molecule has 3 aromatic rings. The van der Waals surface area contributed by atoms with Gasteiger partial charge in [0.15, 0.2) is 0 Å². The van der Waals surface area contributed by atoms with Gasteiger partial charge in [0.05, 0.1) is 0 Å². The molecule has 0 radical (unpaired) electrons. The molecule has 0 amide bonds. The van der Waals surface area contributed by atoms with Gasteiger partial charge in [0.25, 0.3) is 0 Å². The molecule has 0 bridgehead atoms. The van der Waals surface area contributed by atoms with Crippen LogP contribution in [0.15, 0.2) is 126 Å². The van der Waals surface area contributed by atoms with Crippen LogP contribution < -0.4 is 9.64 Å². The number of carbonyl (C=O) groups is 1. The summed E-state index contributed by atoms with van der Waals surface area (Å²) in [5.41, 5.74) is 10.4. The van der Waals surface area contributed by atoms with Crippen molar-refractivity contribution in [1.82, 2.24) is 0 Å². The van der Waals surface area contributed by atoms with Gasteiger partial charge in [-0.25, -0.2) is 4.79 Å². The Bertz CT molecular complexity index is 1470. The van der Waals surface area contributed by atoms with Crippen molar-refractivity contribution in [2.45, 2.75) is 19.3 Å². The van der Waals surface area contributed by atoms with Crippen molar-refractivity contribution in [2.24, 2.45) is 0 Å². The van der Waals surface area contributed by atoms with E-state index in [9.17, 15) is 4.79 Å². The Morgan fingerprint density at radius 2 is 1.69 bits per heavy atom. The molecule has 0 N–H and O–H groups in total. The Labute approximate surface area is 205 Å². The van der Waals surface area contributed by atoms with Gasteiger partial charge in [-0.1, -0.05) is 67.3 Å². The number of hydrogen-bond donors (Lipinski definition) is 0. The zero-order valence-electron chi connectivity index (χ0n) is 19.6. The summed E-state index contributed by atoms with van der Waals surface area (Å²) < 4.78 is 5.42. The molecule has 3 nitrogen and oxygen atoms in total. The predicted molar refractivity (Wildman–Crippen MR) is 142 cm³/mol. The highest BCUT2D eigenvalue weighted by molar-refractivity contribution is 5.89. The van der Waals surface area contributed by atoms with Crippen LogP contribution in [0.1, 0.15) is 29.5 Å². The van der Waals surface area contributed by atoms with Crippen LogP contribution in [0, 0.1) is 0 Å². The molecule has 1 atom stereocenters. The van der Waals surface area contributed by atoms with Crippen LogP contribution >= 0.6 is 0 Å². The Kier molecular flexibility index (Phi) is 5.11. The van der Waals surface area contributed by atoms with Crippen LogP contribution in [-0.2, 0) is 11.2 Å². The van der Waals surface area contributed by atoms with Crippen molar-refractivity contribution in [3.8, 4) is 5.75 Å². The minimum atomic E-state index is -0.419. The molecule has 6 rings (SSSR count). The van der Waals surface area contributed by atoms with E-state index in [-0.39, 0.29) is 5.92 Å². The van der Waals surface area contributed by atoms with Gasteiger partial charge in [0.1, 0.15) is 5.75 Å². The highest BCUT2D eigenvalue weighted by Gasteiger charge is 2.35. The van der Waals surface area contributed by atoms with Gasteiger partial charge in [-0.05, 0) is 83.7 Å². The van der Waals surface area contributed by atoms with Crippen LogP contribution in [0.4, 0.5) is 11.4 Å². The van der Waals surface area contributed by atoms with Crippen molar-refractivity contribution in [2.75, 3.05) is 4.90 Å². The van der Waals surface area contributed by atoms with Crippen LogP contribution in [0.2, 0.25) is 0 Å². The molecule has 3 aliphatic rings. The van der Waals surface area contributed by atoms with E-state index in [1.165, 1.54) is 27.8 Å². The SMILES string of the molecule is C=C(C)C(=O)Oc1ccc(N(C2=CC=C3C=Cc4cccc5c4C3C2=CC5)c2ccccc2)cc1. The van der Waals surface area contributed by atoms with Gasteiger partial charge < -0.3 is 9.64 Å². The fraction of sp³-hybridized carbons (Fsp3) is 0.0938. The Balaban J connectivity index is 1.44. The smallest absolute Gasteiger partial charge is 0.338 e. The van der Waals surface area contributed by atoms with Gasteiger partial charge in [-0.15, -0.1) is 0 Å². The lowest BCUT2D eigenvalue weighted by Crippen LogP contribution is -2.26. The lowest BCUT2D eigenvalue weighted by Gasteiger charge is -2.39. The number of allylic oxidation sites excluding steroid dienone is 6. The van der Waals surface area contributed by atoms with Crippen molar-refractivity contribution in [3.63, 3.8) is 0 Å².